The monoisotopic (exact) mass is 278 g/mol. The van der Waals surface area contributed by atoms with Crippen LogP contribution < -0.4 is 5.32 Å². The van der Waals surface area contributed by atoms with E-state index in [9.17, 15) is 0 Å². The van der Waals surface area contributed by atoms with Crippen molar-refractivity contribution in [1.29, 1.82) is 0 Å². The average Bonchev–Trinajstić information content (AvgIpc) is 3.14. The molecule has 2 aliphatic rings. The summed E-state index contributed by atoms with van der Waals surface area (Å²) in [6.45, 7) is 4.78. The molecular formula is C16H23ClN2. The maximum atomic E-state index is 6.22. The molecule has 1 aliphatic carbocycles. The fraction of sp³-hybridized carbons (Fsp3) is 0.625. The van der Waals surface area contributed by atoms with E-state index in [1.165, 1.54) is 37.9 Å². The number of likely N-dealkylation sites (tertiary alicyclic amines) is 1. The summed E-state index contributed by atoms with van der Waals surface area (Å²) in [4.78, 5) is 2.65. The molecule has 1 heterocycles. The summed E-state index contributed by atoms with van der Waals surface area (Å²) in [7, 11) is 0. The zero-order chi connectivity index (χ0) is 13.2. The molecule has 0 aromatic heterocycles. The summed E-state index contributed by atoms with van der Waals surface area (Å²) < 4.78 is 0. The third-order valence-corrected chi connectivity index (χ3v) is 4.66. The summed E-state index contributed by atoms with van der Waals surface area (Å²) >= 11 is 6.22. The molecule has 1 saturated carbocycles. The topological polar surface area (TPSA) is 15.3 Å². The van der Waals surface area contributed by atoms with Crippen LogP contribution in [0.25, 0.3) is 0 Å². The van der Waals surface area contributed by atoms with E-state index in [0.717, 1.165) is 17.5 Å². The second-order valence-electron chi connectivity index (χ2n) is 6.07. The summed E-state index contributed by atoms with van der Waals surface area (Å²) in [5.41, 5.74) is 1.25. The smallest absolute Gasteiger partial charge is 0.0438 e. The Balaban J connectivity index is 1.49. The number of hydrogen-bond acceptors (Lipinski definition) is 2. The molecule has 1 N–H and O–H groups in total. The van der Waals surface area contributed by atoms with Gasteiger partial charge in [-0.25, -0.2) is 0 Å². The second-order valence-corrected chi connectivity index (χ2v) is 6.48. The van der Waals surface area contributed by atoms with Crippen LogP contribution >= 0.6 is 11.6 Å². The molecule has 2 fully saturated rings. The minimum atomic E-state index is 0.490. The fourth-order valence-corrected chi connectivity index (χ4v) is 3.36. The Morgan fingerprint density at radius 3 is 2.84 bits per heavy atom. The van der Waals surface area contributed by atoms with Gasteiger partial charge in [0.2, 0.25) is 0 Å². The van der Waals surface area contributed by atoms with E-state index in [1.54, 1.807) is 0 Å². The Hall–Kier alpha value is -0.570. The van der Waals surface area contributed by atoms with Crippen LogP contribution in [0.4, 0.5) is 0 Å². The Morgan fingerprint density at radius 1 is 1.32 bits per heavy atom. The molecule has 1 aromatic rings. The summed E-state index contributed by atoms with van der Waals surface area (Å²) in [6, 6.07) is 10.2. The predicted molar refractivity (Wildman–Crippen MR) is 80.8 cm³/mol. The number of hydrogen-bond donors (Lipinski definition) is 1. The minimum Gasteiger partial charge on any atom is -0.310 e. The number of nitrogens with zero attached hydrogens (tertiary/aromatic N) is 1. The third kappa shape index (κ3) is 3.50. The van der Waals surface area contributed by atoms with Gasteiger partial charge in [-0.1, -0.05) is 29.8 Å². The van der Waals surface area contributed by atoms with Crippen LogP contribution in [-0.4, -0.2) is 36.1 Å². The van der Waals surface area contributed by atoms with Crippen molar-refractivity contribution in [2.75, 3.05) is 13.1 Å². The van der Waals surface area contributed by atoms with Crippen LogP contribution in [0.1, 0.15) is 31.7 Å². The van der Waals surface area contributed by atoms with E-state index >= 15 is 0 Å². The zero-order valence-corrected chi connectivity index (χ0v) is 12.4. The molecule has 1 aliphatic heterocycles. The molecule has 0 spiro atoms. The van der Waals surface area contributed by atoms with Gasteiger partial charge in [0.1, 0.15) is 0 Å². The Morgan fingerprint density at radius 2 is 2.11 bits per heavy atom. The molecule has 19 heavy (non-hydrogen) atoms. The zero-order valence-electron chi connectivity index (χ0n) is 11.6. The number of benzene rings is 1. The third-order valence-electron chi connectivity index (χ3n) is 4.29. The Kier molecular flexibility index (Phi) is 4.11. The maximum Gasteiger partial charge on any atom is 0.0438 e. The van der Waals surface area contributed by atoms with E-state index in [1.807, 2.05) is 12.1 Å². The van der Waals surface area contributed by atoms with Gasteiger partial charge in [0.25, 0.3) is 0 Å². The van der Waals surface area contributed by atoms with Crippen LogP contribution in [0.15, 0.2) is 24.3 Å². The number of rotatable bonds is 5. The quantitative estimate of drug-likeness (QED) is 0.890. The minimum absolute atomic E-state index is 0.490. The van der Waals surface area contributed by atoms with Crippen molar-refractivity contribution < 1.29 is 0 Å². The first-order valence-corrected chi connectivity index (χ1v) is 7.83. The average molecular weight is 279 g/mol. The van der Waals surface area contributed by atoms with E-state index < -0.39 is 0 Å². The van der Waals surface area contributed by atoms with Gasteiger partial charge in [-0.15, -0.1) is 0 Å². The molecule has 2 unspecified atom stereocenters. The highest BCUT2D eigenvalue weighted by molar-refractivity contribution is 6.31. The van der Waals surface area contributed by atoms with Crippen molar-refractivity contribution in [1.82, 2.24) is 10.2 Å². The van der Waals surface area contributed by atoms with Gasteiger partial charge in [0.05, 0.1) is 0 Å². The second kappa shape index (κ2) is 5.82. The molecule has 1 saturated heterocycles. The first-order chi connectivity index (χ1) is 9.22. The van der Waals surface area contributed by atoms with Crippen LogP contribution in [0.2, 0.25) is 5.02 Å². The van der Waals surface area contributed by atoms with E-state index in [-0.39, 0.29) is 0 Å². The van der Waals surface area contributed by atoms with Gasteiger partial charge in [-0.3, -0.25) is 4.90 Å². The lowest BCUT2D eigenvalue weighted by Crippen LogP contribution is -2.39. The molecule has 104 valence electrons. The summed E-state index contributed by atoms with van der Waals surface area (Å²) in [5.74, 6) is 0. The van der Waals surface area contributed by atoms with Crippen LogP contribution in [0.3, 0.4) is 0 Å². The first-order valence-electron chi connectivity index (χ1n) is 7.46. The highest BCUT2D eigenvalue weighted by Crippen LogP contribution is 2.30. The molecule has 2 atom stereocenters. The molecule has 0 bridgehead atoms. The lowest BCUT2D eigenvalue weighted by molar-refractivity contribution is 0.313. The van der Waals surface area contributed by atoms with Crippen molar-refractivity contribution in [3.8, 4) is 0 Å². The van der Waals surface area contributed by atoms with Gasteiger partial charge in [-0.2, -0.15) is 0 Å². The Bertz CT molecular complexity index is 431. The van der Waals surface area contributed by atoms with Gasteiger partial charge in [0, 0.05) is 36.2 Å². The molecule has 3 heteroatoms. The van der Waals surface area contributed by atoms with E-state index in [2.05, 4.69) is 29.3 Å². The van der Waals surface area contributed by atoms with Crippen molar-refractivity contribution >= 4 is 11.6 Å². The van der Waals surface area contributed by atoms with Gasteiger partial charge < -0.3 is 5.32 Å². The highest BCUT2D eigenvalue weighted by Gasteiger charge is 2.34. The maximum absolute atomic E-state index is 6.22. The Labute approximate surface area is 121 Å². The van der Waals surface area contributed by atoms with Crippen molar-refractivity contribution in [2.45, 2.75) is 50.7 Å². The standard InChI is InChI=1S/C16H23ClN2/c1-12(10-13-4-2-3-5-16(13)17)18-14-8-9-19(11-14)15-6-7-15/h2-5,12,14-15,18H,6-11H2,1H3. The number of halogens is 1. The molecule has 3 rings (SSSR count). The lowest BCUT2D eigenvalue weighted by Gasteiger charge is -2.21. The first kappa shape index (κ1) is 13.4. The van der Waals surface area contributed by atoms with Crippen LogP contribution in [0.5, 0.6) is 0 Å². The van der Waals surface area contributed by atoms with Crippen molar-refractivity contribution in [2.24, 2.45) is 0 Å². The molecule has 2 nitrogen and oxygen atoms in total. The van der Waals surface area contributed by atoms with Gasteiger partial charge >= 0.3 is 0 Å². The summed E-state index contributed by atoms with van der Waals surface area (Å²) in [6.07, 6.45) is 5.15. The lowest BCUT2D eigenvalue weighted by atomic mass is 10.1. The van der Waals surface area contributed by atoms with Gasteiger partial charge in [0.15, 0.2) is 0 Å². The summed E-state index contributed by atoms with van der Waals surface area (Å²) in [5, 5.41) is 4.66. The molecular weight excluding hydrogens is 256 g/mol. The fourth-order valence-electron chi connectivity index (χ4n) is 3.15. The molecule has 0 radical (unpaired) electrons. The van der Waals surface area contributed by atoms with Crippen molar-refractivity contribution in [3.05, 3.63) is 34.9 Å². The van der Waals surface area contributed by atoms with Gasteiger partial charge in [-0.05, 0) is 44.2 Å². The molecule has 1 aromatic carbocycles. The van der Waals surface area contributed by atoms with Crippen LogP contribution in [-0.2, 0) is 6.42 Å². The predicted octanol–water partition coefficient (Wildman–Crippen LogP) is 3.10. The SMILES string of the molecule is CC(Cc1ccccc1Cl)NC1CCN(C2CC2)C1. The van der Waals surface area contributed by atoms with E-state index in [0.29, 0.717) is 12.1 Å². The number of nitrogens with one attached hydrogen (secondary N) is 1. The largest absolute Gasteiger partial charge is 0.310 e. The van der Waals surface area contributed by atoms with Crippen molar-refractivity contribution in [3.63, 3.8) is 0 Å². The van der Waals surface area contributed by atoms with Crippen LogP contribution in [0, 0.1) is 0 Å². The van der Waals surface area contributed by atoms with E-state index in [4.69, 9.17) is 11.6 Å². The normalized spacial score (nSPS) is 25.7. The molecule has 0 amide bonds. The highest BCUT2D eigenvalue weighted by atomic mass is 35.5.